The number of allylic oxidation sites excluding steroid dienone is 1. The largest absolute Gasteiger partial charge is 0.488 e. The van der Waals surface area contributed by atoms with Gasteiger partial charge in [0.25, 0.3) is 0 Å². The highest BCUT2D eigenvalue weighted by Gasteiger charge is 2.13. The first-order chi connectivity index (χ1) is 10.2. The maximum Gasteiger partial charge on any atom is 0.134 e. The lowest BCUT2D eigenvalue weighted by Crippen LogP contribution is -2.06. The summed E-state index contributed by atoms with van der Waals surface area (Å²) in [5, 5.41) is 12.6. The van der Waals surface area contributed by atoms with Gasteiger partial charge in [0.1, 0.15) is 23.4 Å². The lowest BCUT2D eigenvalue weighted by molar-refractivity contribution is 0.351. The molecule has 0 aliphatic carbocycles. The van der Waals surface area contributed by atoms with E-state index in [1.54, 1.807) is 6.07 Å². The topological polar surface area (TPSA) is 45.9 Å². The first-order valence-electron chi connectivity index (χ1n) is 6.33. The number of thiazole rings is 1. The molecule has 1 aromatic carbocycles. The molecule has 104 valence electrons. The van der Waals surface area contributed by atoms with Gasteiger partial charge in [-0.05, 0) is 42.8 Å². The summed E-state index contributed by atoms with van der Waals surface area (Å²) in [6.45, 7) is 2.35. The number of halogens is 1. The number of hydrogen-bond acceptors (Lipinski definition) is 4. The number of nitriles is 1. The predicted molar refractivity (Wildman–Crippen MR) is 85.4 cm³/mol. The van der Waals surface area contributed by atoms with E-state index in [1.807, 2.05) is 36.6 Å². The van der Waals surface area contributed by atoms with Crippen LogP contribution in [0.5, 0.6) is 5.75 Å². The Hall–Kier alpha value is -2.09. The highest BCUT2D eigenvalue weighted by molar-refractivity contribution is 7.10. The van der Waals surface area contributed by atoms with Crippen LogP contribution in [-0.2, 0) is 0 Å². The molecule has 1 aromatic heterocycles. The van der Waals surface area contributed by atoms with Gasteiger partial charge in [-0.3, -0.25) is 0 Å². The summed E-state index contributed by atoms with van der Waals surface area (Å²) in [7, 11) is 0. The van der Waals surface area contributed by atoms with Gasteiger partial charge in [0.15, 0.2) is 0 Å². The zero-order valence-corrected chi connectivity index (χ0v) is 12.8. The quantitative estimate of drug-likeness (QED) is 0.767. The fourth-order valence-electron chi connectivity index (χ4n) is 2.05. The molecular formula is C16H11ClN2OS. The zero-order chi connectivity index (χ0) is 14.8. The molecule has 0 atom stereocenters. The van der Waals surface area contributed by atoms with E-state index in [4.69, 9.17) is 16.3 Å². The van der Waals surface area contributed by atoms with Crippen molar-refractivity contribution >= 4 is 34.6 Å². The van der Waals surface area contributed by atoms with Crippen LogP contribution in [0.4, 0.5) is 0 Å². The number of fused-ring (bicyclic) bond motifs is 1. The number of aromatic nitrogens is 1. The molecule has 3 rings (SSSR count). The highest BCUT2D eigenvalue weighted by atomic mass is 35.5. The summed E-state index contributed by atoms with van der Waals surface area (Å²) < 4.78 is 5.68. The number of benzene rings is 1. The van der Waals surface area contributed by atoms with Gasteiger partial charge in [0.2, 0.25) is 0 Å². The minimum Gasteiger partial charge on any atom is -0.488 e. The third-order valence-corrected chi connectivity index (χ3v) is 4.24. The van der Waals surface area contributed by atoms with Crippen LogP contribution in [0.25, 0.3) is 11.6 Å². The molecule has 0 fully saturated rings. The molecule has 0 saturated heterocycles. The summed E-state index contributed by atoms with van der Waals surface area (Å²) in [5.74, 6) is 0.806. The Labute approximate surface area is 131 Å². The number of hydrogen-bond donors (Lipinski definition) is 0. The van der Waals surface area contributed by atoms with Crippen LogP contribution >= 0.6 is 22.9 Å². The number of ether oxygens (including phenoxy) is 1. The molecule has 0 bridgehead atoms. The van der Waals surface area contributed by atoms with E-state index in [1.165, 1.54) is 11.3 Å². The van der Waals surface area contributed by atoms with Crippen molar-refractivity contribution in [2.24, 2.45) is 0 Å². The van der Waals surface area contributed by atoms with E-state index in [0.29, 0.717) is 17.2 Å². The summed E-state index contributed by atoms with van der Waals surface area (Å²) >= 11 is 7.46. The van der Waals surface area contributed by atoms with Crippen LogP contribution in [0.1, 0.15) is 16.3 Å². The van der Waals surface area contributed by atoms with Crippen molar-refractivity contribution in [3.05, 3.63) is 56.5 Å². The van der Waals surface area contributed by atoms with Crippen LogP contribution in [0, 0.1) is 18.3 Å². The zero-order valence-electron chi connectivity index (χ0n) is 11.3. The number of nitrogens with zero attached hydrogens (tertiary/aromatic N) is 2. The van der Waals surface area contributed by atoms with Gasteiger partial charge < -0.3 is 4.74 Å². The Balaban J connectivity index is 1.97. The predicted octanol–water partition coefficient (Wildman–Crippen LogP) is 4.49. The second-order valence-electron chi connectivity index (χ2n) is 4.65. The number of aryl methyl sites for hydroxylation is 1. The van der Waals surface area contributed by atoms with Crippen molar-refractivity contribution in [2.75, 3.05) is 6.61 Å². The summed E-state index contributed by atoms with van der Waals surface area (Å²) in [5.41, 5.74) is 3.32. The fourth-order valence-corrected chi connectivity index (χ4v) is 3.00. The third-order valence-electron chi connectivity index (χ3n) is 3.01. The van der Waals surface area contributed by atoms with E-state index >= 15 is 0 Å². The third kappa shape index (κ3) is 2.99. The van der Waals surface area contributed by atoms with Crippen molar-refractivity contribution in [3.8, 4) is 11.8 Å². The molecule has 0 amide bonds. The molecule has 1 aliphatic rings. The van der Waals surface area contributed by atoms with Gasteiger partial charge in [-0.15, -0.1) is 11.3 Å². The number of rotatable bonds is 2. The standard InChI is InChI=1S/C16H11ClN2OS/c1-10-9-21-16(19-10)13(7-18)5-11-4-12-6-14(17)2-3-15(12)20-8-11/h2-6,9H,8H2,1H3/b13-5-. The molecule has 0 spiro atoms. The Bertz CT molecular complexity index is 799. The first kappa shape index (κ1) is 13.9. The van der Waals surface area contributed by atoms with Crippen LogP contribution in [0.3, 0.4) is 0 Å². The normalized spacial score (nSPS) is 14.0. The molecule has 0 N–H and O–H groups in total. The van der Waals surface area contributed by atoms with Crippen molar-refractivity contribution in [3.63, 3.8) is 0 Å². The second kappa shape index (κ2) is 5.72. The highest BCUT2D eigenvalue weighted by Crippen LogP contribution is 2.30. The van der Waals surface area contributed by atoms with Gasteiger partial charge >= 0.3 is 0 Å². The summed E-state index contributed by atoms with van der Waals surface area (Å²) in [6.07, 6.45) is 3.81. The van der Waals surface area contributed by atoms with Crippen LogP contribution < -0.4 is 4.74 Å². The van der Waals surface area contributed by atoms with Gasteiger partial charge in [0.05, 0.1) is 5.57 Å². The maximum absolute atomic E-state index is 9.32. The minimum absolute atomic E-state index is 0.435. The maximum atomic E-state index is 9.32. The smallest absolute Gasteiger partial charge is 0.134 e. The van der Waals surface area contributed by atoms with Gasteiger partial charge in [-0.25, -0.2) is 4.98 Å². The van der Waals surface area contributed by atoms with Crippen molar-refractivity contribution in [1.29, 1.82) is 5.26 Å². The molecule has 3 nitrogen and oxygen atoms in total. The van der Waals surface area contributed by atoms with Gasteiger partial charge in [-0.2, -0.15) is 5.26 Å². The molecule has 0 unspecified atom stereocenters. The van der Waals surface area contributed by atoms with E-state index in [-0.39, 0.29) is 0 Å². The van der Waals surface area contributed by atoms with Crippen LogP contribution in [-0.4, -0.2) is 11.6 Å². The van der Waals surface area contributed by atoms with Gasteiger partial charge in [0, 0.05) is 21.7 Å². The minimum atomic E-state index is 0.435. The monoisotopic (exact) mass is 314 g/mol. The van der Waals surface area contributed by atoms with E-state index in [0.717, 1.165) is 27.6 Å². The second-order valence-corrected chi connectivity index (χ2v) is 5.95. The Kier molecular flexibility index (Phi) is 3.78. The lowest BCUT2D eigenvalue weighted by atomic mass is 10.1. The Morgan fingerprint density at radius 2 is 2.38 bits per heavy atom. The fraction of sp³-hybridized carbons (Fsp3) is 0.125. The Morgan fingerprint density at radius 1 is 1.52 bits per heavy atom. The molecule has 0 radical (unpaired) electrons. The Morgan fingerprint density at radius 3 is 3.10 bits per heavy atom. The van der Waals surface area contributed by atoms with E-state index < -0.39 is 0 Å². The molecule has 2 heterocycles. The molecule has 1 aliphatic heterocycles. The summed E-state index contributed by atoms with van der Waals surface area (Å²) in [4.78, 5) is 4.34. The van der Waals surface area contributed by atoms with Crippen molar-refractivity contribution in [1.82, 2.24) is 4.98 Å². The van der Waals surface area contributed by atoms with Crippen molar-refractivity contribution in [2.45, 2.75) is 6.92 Å². The average Bonchev–Trinajstić information content (AvgIpc) is 2.90. The van der Waals surface area contributed by atoms with Crippen molar-refractivity contribution < 1.29 is 4.74 Å². The van der Waals surface area contributed by atoms with E-state index in [2.05, 4.69) is 11.1 Å². The SMILES string of the molecule is Cc1csc(/C(C#N)=C\C2=Cc3cc(Cl)ccc3OC2)n1. The van der Waals surface area contributed by atoms with E-state index in [9.17, 15) is 5.26 Å². The molecular weight excluding hydrogens is 304 g/mol. The summed E-state index contributed by atoms with van der Waals surface area (Å²) in [6, 6.07) is 7.70. The molecule has 0 saturated carbocycles. The molecule has 2 aromatic rings. The van der Waals surface area contributed by atoms with Gasteiger partial charge in [-0.1, -0.05) is 11.6 Å². The molecule has 5 heteroatoms. The average molecular weight is 315 g/mol. The lowest BCUT2D eigenvalue weighted by Gasteiger charge is -2.16. The molecule has 21 heavy (non-hydrogen) atoms. The first-order valence-corrected chi connectivity index (χ1v) is 7.59. The van der Waals surface area contributed by atoms with Crippen LogP contribution in [0.15, 0.2) is 35.2 Å². The van der Waals surface area contributed by atoms with Crippen LogP contribution in [0.2, 0.25) is 5.02 Å².